The lowest BCUT2D eigenvalue weighted by atomic mass is 10.1. The minimum absolute atomic E-state index is 0.0573. The van der Waals surface area contributed by atoms with E-state index in [1.807, 2.05) is 0 Å². The molecule has 1 aliphatic heterocycles. The second-order valence-corrected chi connectivity index (χ2v) is 8.70. The van der Waals surface area contributed by atoms with E-state index >= 15 is 0 Å². The molecule has 1 amide bonds. The van der Waals surface area contributed by atoms with Crippen LogP contribution in [0, 0.1) is 6.92 Å². The lowest BCUT2D eigenvalue weighted by Crippen LogP contribution is -2.48. The molecule has 1 aliphatic rings. The van der Waals surface area contributed by atoms with Gasteiger partial charge >= 0.3 is 0 Å². The Morgan fingerprint density at radius 1 is 1.22 bits per heavy atom. The van der Waals surface area contributed by atoms with Crippen molar-refractivity contribution in [3.8, 4) is 11.5 Å². The Bertz CT molecular complexity index is 1000. The van der Waals surface area contributed by atoms with Gasteiger partial charge in [-0.05, 0) is 42.8 Å². The molecule has 0 spiro atoms. The van der Waals surface area contributed by atoms with Gasteiger partial charge in [-0.15, -0.1) is 0 Å². The smallest absolute Gasteiger partial charge is 0.265 e. The van der Waals surface area contributed by atoms with Crippen LogP contribution in [-0.4, -0.2) is 43.8 Å². The van der Waals surface area contributed by atoms with Crippen molar-refractivity contribution in [3.05, 3.63) is 45.9 Å². The van der Waals surface area contributed by atoms with Gasteiger partial charge in [-0.2, -0.15) is 0 Å². The number of ether oxygens (including phenoxy) is 1. The first-order valence-corrected chi connectivity index (χ1v) is 10.2. The van der Waals surface area contributed by atoms with E-state index in [1.54, 1.807) is 6.92 Å². The van der Waals surface area contributed by atoms with E-state index in [-0.39, 0.29) is 22.2 Å². The summed E-state index contributed by atoms with van der Waals surface area (Å²) in [6, 6.07) is 6.66. The summed E-state index contributed by atoms with van der Waals surface area (Å²) in [5.74, 6) is -1.48. The van der Waals surface area contributed by atoms with E-state index in [1.165, 1.54) is 30.3 Å². The SMILES string of the molecule is Cc1cc(NS(=O)(=O)c2cc(Br)ccc2O)c(O)c(C(=O)NC2COC2)c1. The zero-order valence-corrected chi connectivity index (χ0v) is 16.6. The van der Waals surface area contributed by atoms with Gasteiger partial charge < -0.3 is 20.3 Å². The summed E-state index contributed by atoms with van der Waals surface area (Å²) in [4.78, 5) is 12.0. The normalized spacial score (nSPS) is 14.4. The van der Waals surface area contributed by atoms with Gasteiger partial charge in [0.15, 0.2) is 5.75 Å². The summed E-state index contributed by atoms with van der Waals surface area (Å²) >= 11 is 3.15. The van der Waals surface area contributed by atoms with Gasteiger partial charge in [0.25, 0.3) is 15.9 Å². The van der Waals surface area contributed by atoms with Crippen molar-refractivity contribution in [1.29, 1.82) is 0 Å². The van der Waals surface area contributed by atoms with Gasteiger partial charge in [0.1, 0.15) is 10.6 Å². The van der Waals surface area contributed by atoms with Crippen LogP contribution in [0.4, 0.5) is 5.69 Å². The standard InChI is InChI=1S/C17H17BrN2O6S/c1-9-4-12(17(23)19-11-7-26-8-11)16(22)13(5-9)20-27(24,25)15-6-10(18)2-3-14(15)21/h2-6,11,20-22H,7-8H2,1H3,(H,19,23). The van der Waals surface area contributed by atoms with Crippen LogP contribution in [-0.2, 0) is 14.8 Å². The van der Waals surface area contributed by atoms with E-state index in [2.05, 4.69) is 26.0 Å². The van der Waals surface area contributed by atoms with Gasteiger partial charge in [0.2, 0.25) is 0 Å². The Balaban J connectivity index is 1.94. The minimum Gasteiger partial charge on any atom is -0.507 e. The van der Waals surface area contributed by atoms with Crippen molar-refractivity contribution < 1.29 is 28.2 Å². The number of hydrogen-bond donors (Lipinski definition) is 4. The third kappa shape index (κ3) is 4.18. The molecule has 0 bridgehead atoms. The summed E-state index contributed by atoms with van der Waals surface area (Å²) < 4.78 is 32.9. The molecule has 10 heteroatoms. The first kappa shape index (κ1) is 19.5. The Hall–Kier alpha value is -2.30. The number of phenolic OH excluding ortho intramolecular Hbond substituents is 2. The summed E-state index contributed by atoms with van der Waals surface area (Å²) in [6.07, 6.45) is 0. The molecule has 4 N–H and O–H groups in total. The molecule has 27 heavy (non-hydrogen) atoms. The number of hydrogen-bond acceptors (Lipinski definition) is 6. The van der Waals surface area contributed by atoms with Crippen LogP contribution in [0.5, 0.6) is 11.5 Å². The molecule has 2 aromatic rings. The van der Waals surface area contributed by atoms with Crippen molar-refractivity contribution in [1.82, 2.24) is 5.32 Å². The second kappa shape index (κ2) is 7.37. The van der Waals surface area contributed by atoms with Gasteiger partial charge in [-0.1, -0.05) is 15.9 Å². The molecular formula is C17H17BrN2O6S. The molecule has 8 nitrogen and oxygen atoms in total. The summed E-state index contributed by atoms with van der Waals surface area (Å²) in [5.41, 5.74) is 0.349. The van der Waals surface area contributed by atoms with Gasteiger partial charge in [0.05, 0.1) is 30.5 Å². The third-order valence-corrected chi connectivity index (χ3v) is 5.82. The number of halogens is 1. The van der Waals surface area contributed by atoms with E-state index in [4.69, 9.17) is 4.74 Å². The molecule has 1 heterocycles. The first-order chi connectivity index (χ1) is 12.7. The summed E-state index contributed by atoms with van der Waals surface area (Å²) in [7, 11) is -4.21. The van der Waals surface area contributed by atoms with Gasteiger partial charge in [-0.3, -0.25) is 9.52 Å². The highest BCUT2D eigenvalue weighted by atomic mass is 79.9. The molecule has 0 unspecified atom stereocenters. The van der Waals surface area contributed by atoms with E-state index in [0.29, 0.717) is 23.2 Å². The average molecular weight is 457 g/mol. The number of nitrogens with one attached hydrogen (secondary N) is 2. The number of benzene rings is 2. The highest BCUT2D eigenvalue weighted by molar-refractivity contribution is 9.10. The van der Waals surface area contributed by atoms with E-state index in [0.717, 1.165) is 0 Å². The number of amides is 1. The lowest BCUT2D eigenvalue weighted by molar-refractivity contribution is -0.00350. The van der Waals surface area contributed by atoms with Crippen LogP contribution in [0.2, 0.25) is 0 Å². The van der Waals surface area contributed by atoms with Crippen LogP contribution in [0.1, 0.15) is 15.9 Å². The Morgan fingerprint density at radius 2 is 1.93 bits per heavy atom. The molecule has 0 radical (unpaired) electrons. The molecule has 0 aliphatic carbocycles. The maximum absolute atomic E-state index is 12.6. The number of rotatable bonds is 5. The Morgan fingerprint density at radius 3 is 2.56 bits per heavy atom. The predicted octanol–water partition coefficient (Wildman–Crippen LogP) is 2.10. The van der Waals surface area contributed by atoms with Crippen molar-refractivity contribution >= 4 is 37.5 Å². The highest BCUT2D eigenvalue weighted by Crippen LogP contribution is 2.33. The fourth-order valence-corrected chi connectivity index (χ4v) is 4.21. The van der Waals surface area contributed by atoms with E-state index in [9.17, 15) is 23.4 Å². The minimum atomic E-state index is -4.21. The van der Waals surface area contributed by atoms with Crippen molar-refractivity contribution in [3.63, 3.8) is 0 Å². The highest BCUT2D eigenvalue weighted by Gasteiger charge is 2.26. The van der Waals surface area contributed by atoms with Gasteiger partial charge in [-0.25, -0.2) is 8.42 Å². The number of aromatic hydroxyl groups is 2. The molecule has 3 rings (SSSR count). The fraction of sp³-hybridized carbons (Fsp3) is 0.235. The van der Waals surface area contributed by atoms with Crippen LogP contribution in [0.25, 0.3) is 0 Å². The molecule has 1 fully saturated rings. The van der Waals surface area contributed by atoms with Crippen LogP contribution in [0.3, 0.4) is 0 Å². The monoisotopic (exact) mass is 456 g/mol. The maximum atomic E-state index is 12.6. The fourth-order valence-electron chi connectivity index (χ4n) is 2.51. The zero-order valence-electron chi connectivity index (χ0n) is 14.2. The number of carbonyl (C=O) groups excluding carboxylic acids is 1. The first-order valence-electron chi connectivity index (χ1n) is 7.91. The molecular weight excluding hydrogens is 440 g/mol. The van der Waals surface area contributed by atoms with Crippen molar-refractivity contribution in [2.75, 3.05) is 17.9 Å². The Labute approximate surface area is 164 Å². The number of anilines is 1. The largest absolute Gasteiger partial charge is 0.507 e. The maximum Gasteiger partial charge on any atom is 0.265 e. The number of sulfonamides is 1. The quantitative estimate of drug-likeness (QED) is 0.510. The molecule has 2 aromatic carbocycles. The van der Waals surface area contributed by atoms with Crippen LogP contribution in [0.15, 0.2) is 39.7 Å². The average Bonchev–Trinajstić information content (AvgIpc) is 2.55. The lowest BCUT2D eigenvalue weighted by Gasteiger charge is -2.27. The number of carbonyl (C=O) groups is 1. The summed E-state index contributed by atoms with van der Waals surface area (Å²) in [5, 5.41) is 23.0. The van der Waals surface area contributed by atoms with Crippen molar-refractivity contribution in [2.24, 2.45) is 0 Å². The molecule has 0 aromatic heterocycles. The molecule has 0 saturated carbocycles. The second-order valence-electron chi connectivity index (χ2n) is 6.13. The van der Waals surface area contributed by atoms with E-state index < -0.39 is 27.4 Å². The molecule has 0 atom stereocenters. The number of aryl methyl sites for hydroxylation is 1. The van der Waals surface area contributed by atoms with Gasteiger partial charge in [0, 0.05) is 4.47 Å². The Kier molecular flexibility index (Phi) is 5.31. The molecule has 144 valence electrons. The number of phenols is 2. The third-order valence-electron chi connectivity index (χ3n) is 3.93. The summed E-state index contributed by atoms with van der Waals surface area (Å²) in [6.45, 7) is 2.44. The predicted molar refractivity (Wildman–Crippen MR) is 102 cm³/mol. The zero-order chi connectivity index (χ0) is 19.8. The van der Waals surface area contributed by atoms with Crippen molar-refractivity contribution in [2.45, 2.75) is 17.9 Å². The molecule has 1 saturated heterocycles. The topological polar surface area (TPSA) is 125 Å². The van der Waals surface area contributed by atoms with Crippen LogP contribution >= 0.6 is 15.9 Å². The van der Waals surface area contributed by atoms with Crippen LogP contribution < -0.4 is 10.0 Å².